The highest BCUT2D eigenvalue weighted by atomic mass is 14.3. The molecular weight excluding hydrogens is 204 g/mol. The first kappa shape index (κ1) is 10.6. The van der Waals surface area contributed by atoms with Crippen molar-refractivity contribution in [2.75, 3.05) is 0 Å². The Bertz CT molecular complexity index is 568. The predicted octanol–water partition coefficient (Wildman–Crippen LogP) is 4.94. The van der Waals surface area contributed by atoms with E-state index in [9.17, 15) is 0 Å². The van der Waals surface area contributed by atoms with Crippen molar-refractivity contribution in [1.29, 1.82) is 0 Å². The Hall–Kier alpha value is -1.56. The van der Waals surface area contributed by atoms with Gasteiger partial charge in [-0.1, -0.05) is 48.9 Å². The lowest BCUT2D eigenvalue weighted by atomic mass is 9.93. The second kappa shape index (κ2) is 3.73. The van der Waals surface area contributed by atoms with Crippen molar-refractivity contribution in [3.05, 3.63) is 58.7 Å². The van der Waals surface area contributed by atoms with Gasteiger partial charge in [-0.3, -0.25) is 0 Å². The average molecular weight is 222 g/mol. The van der Waals surface area contributed by atoms with Crippen LogP contribution in [0.25, 0.3) is 11.1 Å². The molecule has 0 amide bonds. The van der Waals surface area contributed by atoms with Gasteiger partial charge < -0.3 is 0 Å². The molecule has 3 rings (SSSR count). The molecule has 17 heavy (non-hydrogen) atoms. The molecule has 1 aromatic rings. The van der Waals surface area contributed by atoms with Crippen molar-refractivity contribution in [2.24, 2.45) is 0 Å². The highest BCUT2D eigenvalue weighted by Crippen LogP contribution is 2.44. The summed E-state index contributed by atoms with van der Waals surface area (Å²) in [5, 5.41) is 0. The van der Waals surface area contributed by atoms with Gasteiger partial charge >= 0.3 is 0 Å². The van der Waals surface area contributed by atoms with E-state index in [0.717, 1.165) is 6.42 Å². The minimum atomic E-state index is 0.580. The fraction of sp³-hybridized carbons (Fsp3) is 0.294. The first-order valence-corrected chi connectivity index (χ1v) is 6.38. The number of hydrogen-bond donors (Lipinski definition) is 0. The third kappa shape index (κ3) is 1.44. The van der Waals surface area contributed by atoms with Crippen LogP contribution in [0.4, 0.5) is 0 Å². The van der Waals surface area contributed by atoms with Crippen LogP contribution in [0, 0.1) is 0 Å². The number of benzene rings is 1. The number of allylic oxidation sites excluding steroid dienone is 6. The zero-order chi connectivity index (χ0) is 12.0. The molecule has 2 aliphatic rings. The summed E-state index contributed by atoms with van der Waals surface area (Å²) in [4.78, 5) is 0. The van der Waals surface area contributed by atoms with Gasteiger partial charge in [-0.15, -0.1) is 0 Å². The van der Waals surface area contributed by atoms with Gasteiger partial charge in [0.05, 0.1) is 0 Å². The molecule has 0 heteroatoms. The SMILES string of the molecule is CC1=C(C)C(C)c2cccc(C3=CCC=C3)c21. The summed E-state index contributed by atoms with van der Waals surface area (Å²) >= 11 is 0. The van der Waals surface area contributed by atoms with E-state index in [0.29, 0.717) is 5.92 Å². The fourth-order valence-corrected chi connectivity index (χ4v) is 3.00. The van der Waals surface area contributed by atoms with Crippen molar-refractivity contribution >= 4 is 11.1 Å². The average Bonchev–Trinajstić information content (AvgIpc) is 2.94. The molecule has 0 fully saturated rings. The maximum Gasteiger partial charge on any atom is 0.00292 e. The molecule has 86 valence electrons. The van der Waals surface area contributed by atoms with Gasteiger partial charge in [0.25, 0.3) is 0 Å². The van der Waals surface area contributed by atoms with E-state index in [2.05, 4.69) is 57.2 Å². The molecule has 0 saturated heterocycles. The molecule has 1 atom stereocenters. The fourth-order valence-electron chi connectivity index (χ4n) is 3.00. The quantitative estimate of drug-likeness (QED) is 0.631. The minimum absolute atomic E-state index is 0.580. The Morgan fingerprint density at radius 1 is 1.18 bits per heavy atom. The highest BCUT2D eigenvalue weighted by Gasteiger charge is 2.25. The standard InChI is InChI=1S/C17H18/c1-11-12(2)15-9-6-10-16(17(15)13(11)3)14-7-4-5-8-14/h4,6-10,12H,5H2,1-3H3. The van der Waals surface area contributed by atoms with Gasteiger partial charge in [-0.05, 0) is 48.1 Å². The van der Waals surface area contributed by atoms with Crippen LogP contribution in [0.1, 0.15) is 49.8 Å². The summed E-state index contributed by atoms with van der Waals surface area (Å²) in [6.07, 6.45) is 7.89. The molecule has 2 aliphatic carbocycles. The first-order valence-electron chi connectivity index (χ1n) is 6.38. The van der Waals surface area contributed by atoms with Crippen molar-refractivity contribution in [3.63, 3.8) is 0 Å². The van der Waals surface area contributed by atoms with Gasteiger partial charge in [0.15, 0.2) is 0 Å². The lowest BCUT2D eigenvalue weighted by molar-refractivity contribution is 0.919. The van der Waals surface area contributed by atoms with E-state index in [1.165, 1.54) is 33.4 Å². The Morgan fingerprint density at radius 2 is 2.00 bits per heavy atom. The Balaban J connectivity index is 2.24. The van der Waals surface area contributed by atoms with Crippen LogP contribution < -0.4 is 0 Å². The summed E-state index contributed by atoms with van der Waals surface area (Å²) in [6.45, 7) is 6.84. The molecule has 0 bridgehead atoms. The van der Waals surface area contributed by atoms with E-state index < -0.39 is 0 Å². The summed E-state index contributed by atoms with van der Waals surface area (Å²) in [5.41, 5.74) is 8.79. The molecule has 1 aromatic carbocycles. The van der Waals surface area contributed by atoms with E-state index >= 15 is 0 Å². The second-order valence-corrected chi connectivity index (χ2v) is 5.10. The van der Waals surface area contributed by atoms with Gasteiger partial charge in [0.1, 0.15) is 0 Å². The van der Waals surface area contributed by atoms with Crippen LogP contribution in [0.3, 0.4) is 0 Å². The molecule has 0 saturated carbocycles. The Morgan fingerprint density at radius 3 is 2.71 bits per heavy atom. The van der Waals surface area contributed by atoms with Gasteiger partial charge in [0.2, 0.25) is 0 Å². The van der Waals surface area contributed by atoms with Gasteiger partial charge in [-0.25, -0.2) is 0 Å². The normalized spacial score (nSPS) is 22.1. The molecular formula is C17H18. The minimum Gasteiger partial charge on any atom is -0.0801 e. The van der Waals surface area contributed by atoms with E-state index in [-0.39, 0.29) is 0 Å². The summed E-state index contributed by atoms with van der Waals surface area (Å²) in [7, 11) is 0. The third-order valence-electron chi connectivity index (χ3n) is 4.26. The van der Waals surface area contributed by atoms with Crippen LogP contribution in [0.2, 0.25) is 0 Å². The van der Waals surface area contributed by atoms with E-state index in [1.54, 1.807) is 0 Å². The van der Waals surface area contributed by atoms with E-state index in [4.69, 9.17) is 0 Å². The third-order valence-corrected chi connectivity index (χ3v) is 4.26. The monoisotopic (exact) mass is 222 g/mol. The Labute approximate surface area is 103 Å². The van der Waals surface area contributed by atoms with Crippen molar-refractivity contribution in [3.8, 4) is 0 Å². The topological polar surface area (TPSA) is 0 Å². The first-order chi connectivity index (χ1) is 8.20. The second-order valence-electron chi connectivity index (χ2n) is 5.10. The summed E-state index contributed by atoms with van der Waals surface area (Å²) in [6, 6.07) is 6.74. The Kier molecular flexibility index (Phi) is 2.32. The van der Waals surface area contributed by atoms with Crippen molar-refractivity contribution < 1.29 is 0 Å². The van der Waals surface area contributed by atoms with Crippen LogP contribution >= 0.6 is 0 Å². The molecule has 0 spiro atoms. The van der Waals surface area contributed by atoms with Crippen molar-refractivity contribution in [1.82, 2.24) is 0 Å². The van der Waals surface area contributed by atoms with Crippen LogP contribution in [-0.4, -0.2) is 0 Å². The number of fused-ring (bicyclic) bond motifs is 1. The molecule has 0 N–H and O–H groups in total. The smallest absolute Gasteiger partial charge is 0.00292 e. The number of rotatable bonds is 1. The number of hydrogen-bond acceptors (Lipinski definition) is 0. The van der Waals surface area contributed by atoms with Crippen LogP contribution in [0.5, 0.6) is 0 Å². The summed E-state index contributed by atoms with van der Waals surface area (Å²) in [5.74, 6) is 0.580. The van der Waals surface area contributed by atoms with Gasteiger partial charge in [-0.2, -0.15) is 0 Å². The molecule has 0 nitrogen and oxygen atoms in total. The van der Waals surface area contributed by atoms with Crippen LogP contribution in [-0.2, 0) is 0 Å². The molecule has 0 aromatic heterocycles. The maximum atomic E-state index is 2.32. The largest absolute Gasteiger partial charge is 0.0801 e. The molecule has 0 aliphatic heterocycles. The van der Waals surface area contributed by atoms with Gasteiger partial charge in [0, 0.05) is 5.92 Å². The molecule has 0 radical (unpaired) electrons. The maximum absolute atomic E-state index is 2.32. The zero-order valence-corrected chi connectivity index (χ0v) is 10.7. The lowest BCUT2D eigenvalue weighted by Gasteiger charge is -2.11. The predicted molar refractivity (Wildman–Crippen MR) is 74.9 cm³/mol. The molecule has 1 unspecified atom stereocenters. The van der Waals surface area contributed by atoms with Crippen LogP contribution in [0.15, 0.2) is 42.0 Å². The zero-order valence-electron chi connectivity index (χ0n) is 10.7. The van der Waals surface area contributed by atoms with E-state index in [1.807, 2.05) is 0 Å². The summed E-state index contributed by atoms with van der Waals surface area (Å²) < 4.78 is 0. The molecule has 0 heterocycles. The highest BCUT2D eigenvalue weighted by molar-refractivity contribution is 5.89. The van der Waals surface area contributed by atoms with Crippen molar-refractivity contribution in [2.45, 2.75) is 33.1 Å². The lowest BCUT2D eigenvalue weighted by Crippen LogP contribution is -1.93.